The van der Waals surface area contributed by atoms with Gasteiger partial charge < -0.3 is 25.5 Å². The van der Waals surface area contributed by atoms with Crippen molar-refractivity contribution in [1.29, 1.82) is 5.41 Å². The van der Waals surface area contributed by atoms with E-state index in [1.54, 1.807) is 13.8 Å². The van der Waals surface area contributed by atoms with Crippen LogP contribution in [0.3, 0.4) is 0 Å². The topological polar surface area (TPSA) is 93.8 Å². The molecule has 0 aromatic carbocycles. The molecular weight excluding hydrogens is 354 g/mol. The zero-order chi connectivity index (χ0) is 22.7. The van der Waals surface area contributed by atoms with Gasteiger partial charge in [-0.05, 0) is 38.0 Å². The summed E-state index contributed by atoms with van der Waals surface area (Å²) in [5.74, 6) is 1.11. The Kier molecular flexibility index (Phi) is 14.8. The van der Waals surface area contributed by atoms with Gasteiger partial charge in [-0.25, -0.2) is 0 Å². The third kappa shape index (κ3) is 8.62. The number of allylic oxidation sites excluding steroid dienone is 1. The maximum absolute atomic E-state index is 11.1. The van der Waals surface area contributed by atoms with Crippen LogP contribution < -0.4 is 0 Å². The van der Waals surface area contributed by atoms with Crippen LogP contribution in [0.15, 0.2) is 12.3 Å². The zero-order valence-corrected chi connectivity index (χ0v) is 19.7. The highest BCUT2D eigenvalue weighted by Gasteiger charge is 2.44. The average molecular weight is 402 g/mol. The van der Waals surface area contributed by atoms with E-state index in [1.165, 1.54) is 0 Å². The fraction of sp³-hybridized carbons (Fsp3) is 0.870. The zero-order valence-electron chi connectivity index (χ0n) is 19.7. The summed E-state index contributed by atoms with van der Waals surface area (Å²) in [6.45, 7) is 19.9. The molecule has 0 bridgehead atoms. The molecule has 5 heteroatoms. The number of nitrogens with one attached hydrogen (secondary N) is 1. The number of ether oxygens (including phenoxy) is 1. The summed E-state index contributed by atoms with van der Waals surface area (Å²) in [6, 6.07) is 0. The van der Waals surface area contributed by atoms with E-state index < -0.39 is 23.7 Å². The van der Waals surface area contributed by atoms with E-state index in [1.807, 2.05) is 20.8 Å². The molecule has 0 heterocycles. The van der Waals surface area contributed by atoms with Crippen molar-refractivity contribution in [3.05, 3.63) is 12.3 Å². The number of aliphatic hydroxyl groups excluding tert-OH is 2. The Labute approximate surface area is 173 Å². The largest absolute Gasteiger partial charge is 0.492 e. The summed E-state index contributed by atoms with van der Waals surface area (Å²) in [5, 5.41) is 37.1. The van der Waals surface area contributed by atoms with Gasteiger partial charge in [0.05, 0.1) is 11.9 Å². The van der Waals surface area contributed by atoms with Gasteiger partial charge in [0.15, 0.2) is 0 Å². The number of aliphatic hydroxyl groups is 3. The molecule has 0 aliphatic heterocycles. The quantitative estimate of drug-likeness (QED) is 0.264. The van der Waals surface area contributed by atoms with Gasteiger partial charge in [0.2, 0.25) is 0 Å². The Morgan fingerprint density at radius 3 is 1.89 bits per heavy atom. The molecule has 0 amide bonds. The lowest BCUT2D eigenvalue weighted by molar-refractivity contribution is -0.153. The highest BCUT2D eigenvalue weighted by molar-refractivity contribution is 5.86. The maximum atomic E-state index is 11.1. The van der Waals surface area contributed by atoms with Gasteiger partial charge in [0.25, 0.3) is 0 Å². The molecule has 0 aromatic rings. The molecule has 7 atom stereocenters. The number of hydrogen-bond donors (Lipinski definition) is 4. The first-order valence-corrected chi connectivity index (χ1v) is 10.7. The van der Waals surface area contributed by atoms with Crippen molar-refractivity contribution in [2.75, 3.05) is 7.11 Å². The highest BCUT2D eigenvalue weighted by atomic mass is 16.5. The molecule has 4 N–H and O–H groups in total. The van der Waals surface area contributed by atoms with E-state index in [0.717, 1.165) is 26.4 Å². The molecule has 0 aliphatic carbocycles. The van der Waals surface area contributed by atoms with Crippen molar-refractivity contribution < 1.29 is 20.1 Å². The SMILES string of the molecule is C=C(O[C@H](CC)[C@@](C)(O)C(O)C(C)C(=N)[C@H](C)CC)C(C)C[C@H](C)CC.CO. The second kappa shape index (κ2) is 14.1. The fourth-order valence-electron chi connectivity index (χ4n) is 3.35. The average Bonchev–Trinajstić information content (AvgIpc) is 2.70. The van der Waals surface area contributed by atoms with Gasteiger partial charge in [0.1, 0.15) is 11.7 Å². The Hall–Kier alpha value is -0.910. The van der Waals surface area contributed by atoms with E-state index in [2.05, 4.69) is 27.4 Å². The predicted molar refractivity (Wildman–Crippen MR) is 119 cm³/mol. The van der Waals surface area contributed by atoms with Gasteiger partial charge in [-0.2, -0.15) is 0 Å². The molecule has 0 spiro atoms. The molecule has 0 rings (SSSR count). The predicted octanol–water partition coefficient (Wildman–Crippen LogP) is 4.79. The standard InChI is InChI=1S/C22H43NO3.CH4O/c1-10-14(4)13-16(6)18(8)26-19(12-3)22(9,25)21(24)17(7)20(23)15(5)11-2;1-2/h14-17,19,21,23-25H,8,10-13H2,1-7,9H3;2H,1H3/t14-,15-,16?,17?,19-,21?,22-;/m1./s1. The van der Waals surface area contributed by atoms with Crippen LogP contribution >= 0.6 is 0 Å². The van der Waals surface area contributed by atoms with Crippen LogP contribution in [0.1, 0.15) is 81.1 Å². The lowest BCUT2D eigenvalue weighted by Gasteiger charge is -2.40. The minimum atomic E-state index is -1.45. The molecule has 0 radical (unpaired) electrons. The molecule has 168 valence electrons. The molecule has 3 unspecified atom stereocenters. The lowest BCUT2D eigenvalue weighted by atomic mass is 9.79. The van der Waals surface area contributed by atoms with Crippen LogP contribution in [-0.2, 0) is 4.74 Å². The first-order valence-electron chi connectivity index (χ1n) is 10.7. The van der Waals surface area contributed by atoms with Crippen molar-refractivity contribution in [2.24, 2.45) is 23.7 Å². The molecule has 0 aliphatic rings. The Bertz CT molecular complexity index is 450. The molecule has 0 aromatic heterocycles. The van der Waals surface area contributed by atoms with Gasteiger partial charge >= 0.3 is 0 Å². The van der Waals surface area contributed by atoms with Crippen LogP contribution in [-0.4, -0.2) is 46.0 Å². The fourth-order valence-corrected chi connectivity index (χ4v) is 3.35. The number of hydrogen-bond acceptors (Lipinski definition) is 5. The second-order valence-electron chi connectivity index (χ2n) is 8.36. The summed E-state index contributed by atoms with van der Waals surface area (Å²) in [6.07, 6.45) is 1.88. The van der Waals surface area contributed by atoms with Crippen molar-refractivity contribution >= 4 is 5.71 Å². The van der Waals surface area contributed by atoms with E-state index in [9.17, 15) is 10.2 Å². The van der Waals surface area contributed by atoms with Gasteiger partial charge in [-0.3, -0.25) is 0 Å². The summed E-state index contributed by atoms with van der Waals surface area (Å²) in [4.78, 5) is 0. The number of rotatable bonds is 13. The monoisotopic (exact) mass is 401 g/mol. The van der Waals surface area contributed by atoms with Crippen LogP contribution in [0, 0.1) is 29.1 Å². The van der Waals surface area contributed by atoms with Crippen LogP contribution in [0.25, 0.3) is 0 Å². The first kappa shape index (κ1) is 29.3. The Morgan fingerprint density at radius 2 is 1.50 bits per heavy atom. The van der Waals surface area contributed by atoms with Crippen molar-refractivity contribution in [3.63, 3.8) is 0 Å². The molecule has 28 heavy (non-hydrogen) atoms. The van der Waals surface area contributed by atoms with E-state index >= 15 is 0 Å². The van der Waals surface area contributed by atoms with Crippen LogP contribution in [0.4, 0.5) is 0 Å². The van der Waals surface area contributed by atoms with Crippen LogP contribution in [0.2, 0.25) is 0 Å². The van der Waals surface area contributed by atoms with E-state index in [0.29, 0.717) is 23.8 Å². The minimum absolute atomic E-state index is 0.0852. The smallest absolute Gasteiger partial charge is 0.129 e. The van der Waals surface area contributed by atoms with Crippen molar-refractivity contribution in [2.45, 2.75) is 98.9 Å². The third-order valence-corrected chi connectivity index (χ3v) is 6.03. The molecule has 0 fully saturated rings. The molecular formula is C23H47NO4. The molecule has 0 saturated carbocycles. The Morgan fingerprint density at radius 1 is 1.00 bits per heavy atom. The summed E-state index contributed by atoms with van der Waals surface area (Å²) >= 11 is 0. The summed E-state index contributed by atoms with van der Waals surface area (Å²) in [7, 11) is 1.00. The van der Waals surface area contributed by atoms with E-state index in [-0.39, 0.29) is 11.8 Å². The third-order valence-electron chi connectivity index (χ3n) is 6.03. The first-order chi connectivity index (χ1) is 12.9. The highest BCUT2D eigenvalue weighted by Crippen LogP contribution is 2.31. The normalized spacial score (nSPS) is 19.7. The maximum Gasteiger partial charge on any atom is 0.129 e. The Balaban J connectivity index is 0. The molecule has 5 nitrogen and oxygen atoms in total. The van der Waals surface area contributed by atoms with Crippen molar-refractivity contribution in [1.82, 2.24) is 0 Å². The van der Waals surface area contributed by atoms with Crippen molar-refractivity contribution in [3.8, 4) is 0 Å². The second-order valence-corrected chi connectivity index (χ2v) is 8.36. The molecule has 0 saturated heterocycles. The van der Waals surface area contributed by atoms with Gasteiger partial charge in [0, 0.05) is 24.7 Å². The lowest BCUT2D eigenvalue weighted by Crippen LogP contribution is -2.54. The summed E-state index contributed by atoms with van der Waals surface area (Å²) < 4.78 is 6.03. The van der Waals surface area contributed by atoms with E-state index in [4.69, 9.17) is 15.3 Å². The van der Waals surface area contributed by atoms with Gasteiger partial charge in [-0.1, -0.05) is 61.5 Å². The van der Waals surface area contributed by atoms with Gasteiger partial charge in [-0.15, -0.1) is 0 Å². The summed E-state index contributed by atoms with van der Waals surface area (Å²) in [5.41, 5.74) is -0.980. The minimum Gasteiger partial charge on any atom is -0.492 e. The van der Waals surface area contributed by atoms with Crippen LogP contribution in [0.5, 0.6) is 0 Å².